The molecule has 0 spiro atoms. The first kappa shape index (κ1) is 26.6. The number of esters is 2. The van der Waals surface area contributed by atoms with Crippen LogP contribution in [0.15, 0.2) is 48.5 Å². The minimum Gasteiger partial charge on any atom is -0.464 e. The van der Waals surface area contributed by atoms with Crippen LogP contribution in [0.2, 0.25) is 0 Å². The number of benzene rings is 1. The second kappa shape index (κ2) is 14.5. The van der Waals surface area contributed by atoms with Gasteiger partial charge in [-0.1, -0.05) is 48.7 Å². The molecule has 2 atom stereocenters. The van der Waals surface area contributed by atoms with E-state index in [-0.39, 0.29) is 12.5 Å². The fraction of sp³-hybridized carbons (Fsp3) is 0.407. The molecule has 1 N–H and O–H groups in total. The molecule has 180 valence electrons. The quantitative estimate of drug-likeness (QED) is 0.308. The Kier molecular flexibility index (Phi) is 11.3. The Bertz CT molecular complexity index is 1010. The van der Waals surface area contributed by atoms with E-state index in [1.807, 2.05) is 6.07 Å². The fourth-order valence-electron chi connectivity index (χ4n) is 3.40. The SMILES string of the molecule is CC(=O)NC(COC(C)=O)C(OC(C)=O)c1cccc(C#CCCCCCc2ccccc2)n1. The summed E-state index contributed by atoms with van der Waals surface area (Å²) in [5, 5.41) is 2.67. The van der Waals surface area contributed by atoms with Crippen molar-refractivity contribution in [1.82, 2.24) is 10.3 Å². The third kappa shape index (κ3) is 10.3. The van der Waals surface area contributed by atoms with Crippen molar-refractivity contribution >= 4 is 17.8 Å². The van der Waals surface area contributed by atoms with Crippen LogP contribution in [-0.2, 0) is 30.3 Å². The number of nitrogens with one attached hydrogen (secondary N) is 1. The van der Waals surface area contributed by atoms with Crippen LogP contribution in [0.1, 0.15) is 69.5 Å². The molecule has 2 aromatic rings. The van der Waals surface area contributed by atoms with Crippen molar-refractivity contribution in [2.75, 3.05) is 6.61 Å². The highest BCUT2D eigenvalue weighted by atomic mass is 16.6. The summed E-state index contributed by atoms with van der Waals surface area (Å²) >= 11 is 0. The summed E-state index contributed by atoms with van der Waals surface area (Å²) in [4.78, 5) is 39.2. The van der Waals surface area contributed by atoms with Crippen molar-refractivity contribution in [2.24, 2.45) is 0 Å². The molecule has 34 heavy (non-hydrogen) atoms. The molecule has 0 aliphatic carbocycles. The zero-order valence-electron chi connectivity index (χ0n) is 20.0. The number of carbonyl (C=O) groups is 3. The van der Waals surface area contributed by atoms with Gasteiger partial charge in [-0.3, -0.25) is 14.4 Å². The molecule has 0 radical (unpaired) electrons. The van der Waals surface area contributed by atoms with Gasteiger partial charge in [-0.05, 0) is 42.9 Å². The van der Waals surface area contributed by atoms with Crippen molar-refractivity contribution in [2.45, 2.75) is 65.0 Å². The Morgan fingerprint density at radius 2 is 1.71 bits per heavy atom. The lowest BCUT2D eigenvalue weighted by Gasteiger charge is -2.26. The molecular weight excluding hydrogens is 432 g/mol. The van der Waals surface area contributed by atoms with Gasteiger partial charge in [0.1, 0.15) is 18.3 Å². The summed E-state index contributed by atoms with van der Waals surface area (Å²) in [6, 6.07) is 14.9. The number of rotatable bonds is 11. The summed E-state index contributed by atoms with van der Waals surface area (Å²) in [6.45, 7) is 3.71. The normalized spacial score (nSPS) is 12.0. The van der Waals surface area contributed by atoms with Crippen LogP contribution >= 0.6 is 0 Å². The van der Waals surface area contributed by atoms with Crippen LogP contribution in [0.4, 0.5) is 0 Å². The molecule has 1 amide bonds. The zero-order chi connectivity index (χ0) is 24.8. The minimum absolute atomic E-state index is 0.159. The second-order valence-corrected chi connectivity index (χ2v) is 7.94. The molecule has 1 aromatic carbocycles. The molecule has 1 aromatic heterocycles. The van der Waals surface area contributed by atoms with Crippen molar-refractivity contribution in [3.05, 3.63) is 65.5 Å². The summed E-state index contributed by atoms with van der Waals surface area (Å²) in [5.41, 5.74) is 2.30. The van der Waals surface area contributed by atoms with Gasteiger partial charge in [0.25, 0.3) is 0 Å². The molecule has 0 aliphatic rings. The monoisotopic (exact) mass is 464 g/mol. The maximum Gasteiger partial charge on any atom is 0.303 e. The van der Waals surface area contributed by atoms with Crippen molar-refractivity contribution in [1.29, 1.82) is 0 Å². The van der Waals surface area contributed by atoms with E-state index in [1.165, 1.54) is 26.3 Å². The second-order valence-electron chi connectivity index (χ2n) is 7.94. The van der Waals surface area contributed by atoms with Crippen molar-refractivity contribution in [3.63, 3.8) is 0 Å². The van der Waals surface area contributed by atoms with Crippen LogP contribution in [-0.4, -0.2) is 35.5 Å². The molecule has 0 saturated carbocycles. The van der Waals surface area contributed by atoms with Crippen LogP contribution in [0.5, 0.6) is 0 Å². The maximum absolute atomic E-state index is 11.7. The zero-order valence-corrected chi connectivity index (χ0v) is 20.0. The van der Waals surface area contributed by atoms with E-state index < -0.39 is 24.1 Å². The molecule has 2 unspecified atom stereocenters. The predicted octanol–water partition coefficient (Wildman–Crippen LogP) is 3.91. The van der Waals surface area contributed by atoms with E-state index in [9.17, 15) is 14.4 Å². The highest BCUT2D eigenvalue weighted by molar-refractivity contribution is 5.73. The molecule has 7 nitrogen and oxygen atoms in total. The number of aryl methyl sites for hydroxylation is 1. The maximum atomic E-state index is 11.7. The average molecular weight is 465 g/mol. The lowest BCUT2D eigenvalue weighted by molar-refractivity contribution is -0.152. The molecule has 0 fully saturated rings. The van der Waals surface area contributed by atoms with Crippen LogP contribution in [0.3, 0.4) is 0 Å². The summed E-state index contributed by atoms with van der Waals surface area (Å²) < 4.78 is 10.5. The first-order chi connectivity index (χ1) is 16.3. The topological polar surface area (TPSA) is 94.6 Å². The largest absolute Gasteiger partial charge is 0.464 e. The molecule has 0 bridgehead atoms. The fourth-order valence-corrected chi connectivity index (χ4v) is 3.40. The molecule has 0 aliphatic heterocycles. The number of amides is 1. The van der Waals surface area contributed by atoms with Gasteiger partial charge in [0.15, 0.2) is 6.10 Å². The number of hydrogen-bond acceptors (Lipinski definition) is 6. The summed E-state index contributed by atoms with van der Waals surface area (Å²) in [5.74, 6) is 4.81. The van der Waals surface area contributed by atoms with E-state index in [2.05, 4.69) is 46.4 Å². The number of carbonyl (C=O) groups excluding carboxylic acids is 3. The Hall–Kier alpha value is -3.66. The van der Waals surface area contributed by atoms with Crippen molar-refractivity contribution < 1.29 is 23.9 Å². The van der Waals surface area contributed by atoms with E-state index in [1.54, 1.807) is 18.2 Å². The number of hydrogen-bond donors (Lipinski definition) is 1. The molecule has 1 heterocycles. The van der Waals surface area contributed by atoms with E-state index in [0.717, 1.165) is 32.1 Å². The van der Waals surface area contributed by atoms with E-state index in [4.69, 9.17) is 9.47 Å². The van der Waals surface area contributed by atoms with Gasteiger partial charge in [0.2, 0.25) is 5.91 Å². The average Bonchev–Trinajstić information content (AvgIpc) is 2.80. The lowest BCUT2D eigenvalue weighted by Crippen LogP contribution is -2.43. The van der Waals surface area contributed by atoms with E-state index in [0.29, 0.717) is 11.4 Å². The number of pyridine rings is 1. The predicted molar refractivity (Wildman–Crippen MR) is 128 cm³/mol. The van der Waals surface area contributed by atoms with Crippen molar-refractivity contribution in [3.8, 4) is 11.8 Å². The van der Waals surface area contributed by atoms with Crippen LogP contribution in [0, 0.1) is 11.8 Å². The van der Waals surface area contributed by atoms with Crippen LogP contribution in [0.25, 0.3) is 0 Å². The van der Waals surface area contributed by atoms with Gasteiger partial charge in [-0.15, -0.1) is 0 Å². The highest BCUT2D eigenvalue weighted by Gasteiger charge is 2.29. The highest BCUT2D eigenvalue weighted by Crippen LogP contribution is 2.21. The van der Waals surface area contributed by atoms with Gasteiger partial charge < -0.3 is 14.8 Å². The summed E-state index contributed by atoms with van der Waals surface area (Å²) in [7, 11) is 0. The lowest BCUT2D eigenvalue weighted by atomic mass is 10.1. The van der Waals surface area contributed by atoms with Gasteiger partial charge in [0, 0.05) is 27.2 Å². The van der Waals surface area contributed by atoms with E-state index >= 15 is 0 Å². The number of aromatic nitrogens is 1. The van der Waals surface area contributed by atoms with Crippen LogP contribution < -0.4 is 5.32 Å². The molecule has 7 heteroatoms. The summed E-state index contributed by atoms with van der Waals surface area (Å²) in [6.07, 6.45) is 4.12. The number of ether oxygens (including phenoxy) is 2. The Morgan fingerprint density at radius 1 is 0.941 bits per heavy atom. The van der Waals surface area contributed by atoms with Gasteiger partial charge >= 0.3 is 11.9 Å². The van der Waals surface area contributed by atoms with Gasteiger partial charge in [-0.25, -0.2) is 4.98 Å². The third-order valence-corrected chi connectivity index (χ3v) is 4.90. The standard InChI is InChI=1S/C27H32N2O5/c1-20(30)28-26(19-33-21(2)31)27(34-22(3)32)25-18-12-17-24(29-25)16-11-6-4-5-8-13-23-14-9-7-10-15-23/h7,9-10,12,14-15,17-18,26-27H,4-6,8,13,19H2,1-3H3,(H,28,30). The number of unbranched alkanes of at least 4 members (excludes halogenated alkanes) is 3. The minimum atomic E-state index is -0.930. The van der Waals surface area contributed by atoms with Gasteiger partial charge in [0.05, 0.1) is 5.69 Å². The molecular formula is C27H32N2O5. The third-order valence-electron chi connectivity index (χ3n) is 4.90. The Labute approximate surface area is 201 Å². The number of nitrogens with zero attached hydrogens (tertiary/aromatic N) is 1. The first-order valence-corrected chi connectivity index (χ1v) is 11.4. The van der Waals surface area contributed by atoms with Gasteiger partial charge in [-0.2, -0.15) is 0 Å². The Balaban J connectivity index is 2.00. The smallest absolute Gasteiger partial charge is 0.303 e. The molecule has 0 saturated heterocycles. The molecule has 2 rings (SSSR count). The Morgan fingerprint density at radius 3 is 2.38 bits per heavy atom. The first-order valence-electron chi connectivity index (χ1n) is 11.4.